The molecule has 6 nitrogen and oxygen atoms in total. The molecule has 0 saturated carbocycles. The minimum Gasteiger partial charge on any atom is -0.324 e. The van der Waals surface area contributed by atoms with Crippen molar-refractivity contribution in [3.8, 4) is 0 Å². The molecule has 0 unspecified atom stereocenters. The Bertz CT molecular complexity index is 676. The Morgan fingerprint density at radius 1 is 1.43 bits per heavy atom. The molecule has 2 aromatic rings. The molecule has 0 bridgehead atoms. The van der Waals surface area contributed by atoms with E-state index in [1.165, 1.54) is 0 Å². The first-order valence-corrected chi connectivity index (χ1v) is 8.63. The number of aryl methyl sites for hydroxylation is 1. The van der Waals surface area contributed by atoms with Gasteiger partial charge in [-0.3, -0.25) is 4.79 Å². The molecule has 1 aliphatic heterocycles. The van der Waals surface area contributed by atoms with Gasteiger partial charge in [0.25, 0.3) is 0 Å². The van der Waals surface area contributed by atoms with E-state index in [1.54, 1.807) is 18.1 Å². The van der Waals surface area contributed by atoms with Crippen LogP contribution in [0.5, 0.6) is 0 Å². The number of nitrogens with zero attached hydrogens (tertiary/aromatic N) is 3. The van der Waals surface area contributed by atoms with Crippen molar-refractivity contribution in [3.05, 3.63) is 30.6 Å². The maximum Gasteiger partial charge on any atom is 0.244 e. The fourth-order valence-electron chi connectivity index (χ4n) is 2.79. The molecule has 1 atom stereocenters. The van der Waals surface area contributed by atoms with Gasteiger partial charge in [-0.15, -0.1) is 10.2 Å². The second kappa shape index (κ2) is 6.72. The molecule has 1 aromatic heterocycles. The summed E-state index contributed by atoms with van der Waals surface area (Å²) < 4.78 is 1.87. The Hall–Kier alpha value is -1.86. The first-order valence-electron chi connectivity index (χ1n) is 7.81. The average molecular weight is 331 g/mol. The van der Waals surface area contributed by atoms with Crippen LogP contribution in [0.3, 0.4) is 0 Å². The first-order chi connectivity index (χ1) is 11.1. The Morgan fingerprint density at radius 3 is 2.78 bits per heavy atom. The lowest BCUT2D eigenvalue weighted by Gasteiger charge is -2.26. The van der Waals surface area contributed by atoms with Crippen molar-refractivity contribution in [2.45, 2.75) is 41.8 Å². The van der Waals surface area contributed by atoms with Gasteiger partial charge in [-0.1, -0.05) is 6.92 Å². The number of hydrogen-bond donors (Lipinski definition) is 2. The molecule has 1 aliphatic rings. The van der Waals surface area contributed by atoms with E-state index in [-0.39, 0.29) is 5.91 Å². The zero-order valence-electron chi connectivity index (χ0n) is 13.4. The zero-order valence-corrected chi connectivity index (χ0v) is 14.2. The average Bonchev–Trinajstić information content (AvgIpc) is 3.20. The smallest absolute Gasteiger partial charge is 0.244 e. The van der Waals surface area contributed by atoms with Crippen molar-refractivity contribution in [3.63, 3.8) is 0 Å². The third-order valence-corrected chi connectivity index (χ3v) is 5.33. The topological polar surface area (TPSA) is 71.8 Å². The first kappa shape index (κ1) is 16.0. The molecule has 3 rings (SSSR count). The largest absolute Gasteiger partial charge is 0.324 e. The minimum atomic E-state index is -0.411. The molecule has 7 heteroatoms. The highest BCUT2D eigenvalue weighted by Gasteiger charge is 2.38. The summed E-state index contributed by atoms with van der Waals surface area (Å²) in [6, 6.07) is 7.81. The van der Waals surface area contributed by atoms with Crippen molar-refractivity contribution in [2.75, 3.05) is 11.9 Å². The molecule has 2 N–H and O–H groups in total. The fourth-order valence-corrected chi connectivity index (χ4v) is 3.55. The zero-order chi connectivity index (χ0) is 16.3. The van der Waals surface area contributed by atoms with Crippen LogP contribution < -0.4 is 10.6 Å². The van der Waals surface area contributed by atoms with Gasteiger partial charge in [-0.25, -0.2) is 0 Å². The number of carbonyl (C=O) groups is 1. The van der Waals surface area contributed by atoms with Crippen LogP contribution in [0.1, 0.15) is 26.2 Å². The summed E-state index contributed by atoms with van der Waals surface area (Å²) in [7, 11) is 1.91. The van der Waals surface area contributed by atoms with Gasteiger partial charge < -0.3 is 15.2 Å². The van der Waals surface area contributed by atoms with Crippen molar-refractivity contribution >= 4 is 23.4 Å². The summed E-state index contributed by atoms with van der Waals surface area (Å²) in [5.41, 5.74) is 0.408. The van der Waals surface area contributed by atoms with E-state index in [2.05, 4.69) is 27.8 Å². The van der Waals surface area contributed by atoms with Crippen molar-refractivity contribution in [1.29, 1.82) is 0 Å². The van der Waals surface area contributed by atoms with E-state index >= 15 is 0 Å². The highest BCUT2D eigenvalue weighted by molar-refractivity contribution is 7.99. The van der Waals surface area contributed by atoms with Gasteiger partial charge >= 0.3 is 0 Å². The number of hydrogen-bond acceptors (Lipinski definition) is 5. The predicted octanol–water partition coefficient (Wildman–Crippen LogP) is 2.44. The highest BCUT2D eigenvalue weighted by atomic mass is 32.2. The summed E-state index contributed by atoms with van der Waals surface area (Å²) in [6.07, 6.45) is 4.43. The van der Waals surface area contributed by atoms with Crippen molar-refractivity contribution < 1.29 is 4.79 Å². The Balaban J connectivity index is 1.65. The summed E-state index contributed by atoms with van der Waals surface area (Å²) >= 11 is 1.54. The van der Waals surface area contributed by atoms with Crippen LogP contribution in [-0.4, -0.2) is 32.8 Å². The van der Waals surface area contributed by atoms with Gasteiger partial charge in [0.2, 0.25) is 5.91 Å². The summed E-state index contributed by atoms with van der Waals surface area (Å²) in [4.78, 5) is 13.6. The lowest BCUT2D eigenvalue weighted by Crippen LogP contribution is -2.50. The second-order valence-corrected chi connectivity index (χ2v) is 6.81. The van der Waals surface area contributed by atoms with E-state index in [1.807, 2.05) is 35.9 Å². The molecule has 0 radical (unpaired) electrons. The van der Waals surface area contributed by atoms with E-state index < -0.39 is 5.54 Å². The number of anilines is 1. The van der Waals surface area contributed by atoms with E-state index in [0.29, 0.717) is 0 Å². The maximum absolute atomic E-state index is 12.6. The maximum atomic E-state index is 12.6. The number of amides is 1. The predicted molar refractivity (Wildman–Crippen MR) is 90.5 cm³/mol. The van der Waals surface area contributed by atoms with Crippen LogP contribution in [0, 0.1) is 0 Å². The normalized spacial score (nSPS) is 20.6. The third kappa shape index (κ3) is 3.40. The number of nitrogens with one attached hydrogen (secondary N) is 2. The highest BCUT2D eigenvalue weighted by Crippen LogP contribution is 2.28. The number of carbonyl (C=O) groups excluding carboxylic acids is 1. The Kier molecular flexibility index (Phi) is 4.68. The molecule has 122 valence electrons. The van der Waals surface area contributed by atoms with Crippen LogP contribution in [0.15, 0.2) is 40.6 Å². The SMILES string of the molecule is CC[C@]1(C(=O)Nc2ccc(Sc3nncn3C)cc2)CCCN1. The Morgan fingerprint density at radius 2 is 2.22 bits per heavy atom. The number of benzene rings is 1. The van der Waals surface area contributed by atoms with Crippen LogP contribution in [0.2, 0.25) is 0 Å². The molecule has 1 fully saturated rings. The third-order valence-electron chi connectivity index (χ3n) is 4.27. The van der Waals surface area contributed by atoms with Gasteiger partial charge in [-0.05, 0) is 61.8 Å². The Labute approximate surface area is 140 Å². The number of rotatable bonds is 5. The monoisotopic (exact) mass is 331 g/mol. The molecule has 0 aliphatic carbocycles. The number of aromatic nitrogens is 3. The van der Waals surface area contributed by atoms with Crippen LogP contribution in [0.4, 0.5) is 5.69 Å². The summed E-state index contributed by atoms with van der Waals surface area (Å²) in [5, 5.41) is 15.1. The second-order valence-electron chi connectivity index (χ2n) is 5.77. The van der Waals surface area contributed by atoms with E-state index in [9.17, 15) is 4.79 Å². The van der Waals surface area contributed by atoms with Gasteiger partial charge in [0.15, 0.2) is 5.16 Å². The lowest BCUT2D eigenvalue weighted by molar-refractivity contribution is -0.122. The summed E-state index contributed by atoms with van der Waals surface area (Å²) in [6.45, 7) is 2.97. The van der Waals surface area contributed by atoms with Crippen molar-refractivity contribution in [1.82, 2.24) is 20.1 Å². The van der Waals surface area contributed by atoms with Crippen LogP contribution in [0.25, 0.3) is 0 Å². The van der Waals surface area contributed by atoms with Crippen LogP contribution in [-0.2, 0) is 11.8 Å². The molecule has 1 amide bonds. The molecule has 0 spiro atoms. The molecular weight excluding hydrogens is 310 g/mol. The fraction of sp³-hybridized carbons (Fsp3) is 0.438. The van der Waals surface area contributed by atoms with Crippen LogP contribution >= 0.6 is 11.8 Å². The molecular formula is C16H21N5OS. The molecule has 1 aromatic carbocycles. The quantitative estimate of drug-likeness (QED) is 0.880. The molecule has 2 heterocycles. The minimum absolute atomic E-state index is 0.0613. The van der Waals surface area contributed by atoms with Gasteiger partial charge in [0.05, 0.1) is 5.54 Å². The molecule has 1 saturated heterocycles. The van der Waals surface area contributed by atoms with Gasteiger partial charge in [0.1, 0.15) is 6.33 Å². The van der Waals surface area contributed by atoms with Crippen molar-refractivity contribution in [2.24, 2.45) is 7.05 Å². The summed E-state index contributed by atoms with van der Waals surface area (Å²) in [5.74, 6) is 0.0613. The lowest BCUT2D eigenvalue weighted by atomic mass is 9.93. The van der Waals surface area contributed by atoms with E-state index in [4.69, 9.17) is 0 Å². The molecule has 23 heavy (non-hydrogen) atoms. The van der Waals surface area contributed by atoms with E-state index in [0.717, 1.165) is 41.5 Å². The van der Waals surface area contributed by atoms with Gasteiger partial charge in [0, 0.05) is 17.6 Å². The van der Waals surface area contributed by atoms with Gasteiger partial charge in [-0.2, -0.15) is 0 Å². The standard InChI is InChI=1S/C16H21N5OS/c1-3-16(9-4-10-17-16)14(22)19-12-5-7-13(8-6-12)23-15-20-18-11-21(15)2/h5-8,11,17H,3-4,9-10H2,1-2H3,(H,19,22)/t16-/m1/s1.